The Bertz CT molecular complexity index is 710. The number of hydrogen-bond acceptors (Lipinski definition) is 3. The van der Waals surface area contributed by atoms with Crippen LogP contribution in [0.2, 0.25) is 0 Å². The predicted molar refractivity (Wildman–Crippen MR) is 88.5 cm³/mol. The van der Waals surface area contributed by atoms with Gasteiger partial charge in [-0.15, -0.1) is 0 Å². The van der Waals surface area contributed by atoms with Crippen molar-refractivity contribution in [2.24, 2.45) is 17.3 Å². The molecule has 0 aliphatic heterocycles. The number of carbonyl (C=O) groups excluding carboxylic acids is 1. The van der Waals surface area contributed by atoms with Crippen molar-refractivity contribution in [2.45, 2.75) is 40.0 Å². The molecular formula is C17H21FN2OS. The highest BCUT2D eigenvalue weighted by molar-refractivity contribution is 7.22. The van der Waals surface area contributed by atoms with Crippen LogP contribution in [-0.4, -0.2) is 10.9 Å². The highest BCUT2D eigenvalue weighted by Gasteiger charge is 2.35. The highest BCUT2D eigenvalue weighted by Crippen LogP contribution is 2.42. The first-order valence-electron chi connectivity index (χ1n) is 7.69. The number of rotatable bonds is 2. The second kappa shape index (κ2) is 5.61. The van der Waals surface area contributed by atoms with Crippen LogP contribution in [0.4, 0.5) is 9.52 Å². The van der Waals surface area contributed by atoms with Gasteiger partial charge in [0.25, 0.3) is 0 Å². The predicted octanol–water partition coefficient (Wildman–Crippen LogP) is 4.84. The van der Waals surface area contributed by atoms with E-state index >= 15 is 0 Å². The Morgan fingerprint density at radius 3 is 2.91 bits per heavy atom. The van der Waals surface area contributed by atoms with Gasteiger partial charge in [0.05, 0.1) is 10.2 Å². The van der Waals surface area contributed by atoms with E-state index in [9.17, 15) is 9.18 Å². The van der Waals surface area contributed by atoms with Crippen molar-refractivity contribution in [1.29, 1.82) is 0 Å². The lowest BCUT2D eigenvalue weighted by Gasteiger charge is -2.38. The van der Waals surface area contributed by atoms with E-state index in [0.717, 1.165) is 24.0 Å². The zero-order chi connectivity index (χ0) is 15.9. The van der Waals surface area contributed by atoms with Crippen LogP contribution in [0.5, 0.6) is 0 Å². The summed E-state index contributed by atoms with van der Waals surface area (Å²) in [7, 11) is 0. The molecule has 0 bridgehead atoms. The smallest absolute Gasteiger partial charge is 0.229 e. The Kier molecular flexibility index (Phi) is 3.93. The van der Waals surface area contributed by atoms with Gasteiger partial charge in [0.2, 0.25) is 5.91 Å². The summed E-state index contributed by atoms with van der Waals surface area (Å²) in [5, 5.41) is 3.48. The first-order valence-corrected chi connectivity index (χ1v) is 8.51. The average Bonchev–Trinajstić information content (AvgIpc) is 2.77. The molecule has 5 heteroatoms. The second-order valence-corrected chi connectivity index (χ2v) is 8.26. The van der Waals surface area contributed by atoms with Gasteiger partial charge in [0.1, 0.15) is 5.82 Å². The second-order valence-electron chi connectivity index (χ2n) is 7.23. The lowest BCUT2D eigenvalue weighted by atomic mass is 9.68. The summed E-state index contributed by atoms with van der Waals surface area (Å²) < 4.78 is 14.1. The number of benzene rings is 1. The number of fused-ring (bicyclic) bond motifs is 1. The van der Waals surface area contributed by atoms with Crippen LogP contribution < -0.4 is 5.32 Å². The minimum atomic E-state index is -0.307. The molecular weight excluding hydrogens is 299 g/mol. The first kappa shape index (κ1) is 15.4. The van der Waals surface area contributed by atoms with Crippen molar-refractivity contribution < 1.29 is 9.18 Å². The molecule has 1 N–H and O–H groups in total. The minimum Gasteiger partial charge on any atom is -0.302 e. The number of nitrogens with one attached hydrogen (secondary N) is 1. The molecule has 2 unspecified atom stereocenters. The van der Waals surface area contributed by atoms with E-state index in [-0.39, 0.29) is 23.1 Å². The number of hydrogen-bond donors (Lipinski definition) is 1. The average molecular weight is 320 g/mol. The summed E-state index contributed by atoms with van der Waals surface area (Å²) in [6.07, 6.45) is 2.99. The van der Waals surface area contributed by atoms with Crippen LogP contribution in [0.1, 0.15) is 40.0 Å². The summed E-state index contributed by atoms with van der Waals surface area (Å²) in [6.45, 7) is 6.66. The molecule has 1 heterocycles. The molecule has 2 aromatic rings. The van der Waals surface area contributed by atoms with Crippen molar-refractivity contribution in [3.63, 3.8) is 0 Å². The summed E-state index contributed by atoms with van der Waals surface area (Å²) in [5.74, 6) is 0.323. The third-order valence-electron chi connectivity index (χ3n) is 4.34. The van der Waals surface area contributed by atoms with Crippen molar-refractivity contribution in [3.05, 3.63) is 24.0 Å². The maximum atomic E-state index is 13.2. The molecule has 3 rings (SSSR count). The van der Waals surface area contributed by atoms with Gasteiger partial charge in [-0.2, -0.15) is 0 Å². The number of nitrogens with zero attached hydrogens (tertiary/aromatic N) is 1. The Balaban J connectivity index is 1.75. The largest absolute Gasteiger partial charge is 0.302 e. The molecule has 0 spiro atoms. The molecule has 1 aliphatic rings. The minimum absolute atomic E-state index is 0.0301. The molecule has 0 radical (unpaired) electrons. The van der Waals surface area contributed by atoms with E-state index in [4.69, 9.17) is 0 Å². The zero-order valence-electron chi connectivity index (χ0n) is 13.1. The van der Waals surface area contributed by atoms with Gasteiger partial charge in [0, 0.05) is 12.0 Å². The standard InChI is InChI=1S/C17H21FN2OS/c1-10-6-11(9-17(2,3)8-10)15(21)20-16-19-13-7-12(18)4-5-14(13)22-16/h4-5,7,10-11H,6,8-9H2,1-3H3,(H,19,20,21). The van der Waals surface area contributed by atoms with Gasteiger partial charge >= 0.3 is 0 Å². The fourth-order valence-corrected chi connectivity index (χ4v) is 4.56. The van der Waals surface area contributed by atoms with Crippen LogP contribution in [0.15, 0.2) is 18.2 Å². The maximum Gasteiger partial charge on any atom is 0.229 e. The summed E-state index contributed by atoms with van der Waals surface area (Å²) in [4.78, 5) is 16.8. The quantitative estimate of drug-likeness (QED) is 0.860. The van der Waals surface area contributed by atoms with Gasteiger partial charge in [-0.25, -0.2) is 9.37 Å². The van der Waals surface area contributed by atoms with Crippen LogP contribution in [0.3, 0.4) is 0 Å². The number of halogens is 1. The topological polar surface area (TPSA) is 42.0 Å². The van der Waals surface area contributed by atoms with E-state index in [1.54, 1.807) is 6.07 Å². The third kappa shape index (κ3) is 3.29. The Morgan fingerprint density at radius 2 is 2.18 bits per heavy atom. The summed E-state index contributed by atoms with van der Waals surface area (Å²) in [5.41, 5.74) is 0.800. The molecule has 1 fully saturated rings. The number of carbonyl (C=O) groups is 1. The van der Waals surface area contributed by atoms with E-state index in [1.807, 2.05) is 0 Å². The normalized spacial score (nSPS) is 24.4. The molecule has 1 aliphatic carbocycles. The molecule has 0 saturated heterocycles. The molecule has 1 aromatic carbocycles. The fraction of sp³-hybridized carbons (Fsp3) is 0.529. The van der Waals surface area contributed by atoms with Crippen molar-refractivity contribution >= 4 is 32.6 Å². The van der Waals surface area contributed by atoms with Crippen LogP contribution >= 0.6 is 11.3 Å². The molecule has 2 atom stereocenters. The third-order valence-corrected chi connectivity index (χ3v) is 5.29. The Labute approximate surface area is 133 Å². The molecule has 1 saturated carbocycles. The van der Waals surface area contributed by atoms with Crippen molar-refractivity contribution in [3.8, 4) is 0 Å². The molecule has 1 amide bonds. The van der Waals surface area contributed by atoms with Crippen LogP contribution in [0.25, 0.3) is 10.2 Å². The summed E-state index contributed by atoms with van der Waals surface area (Å²) >= 11 is 1.39. The lowest BCUT2D eigenvalue weighted by Crippen LogP contribution is -2.34. The zero-order valence-corrected chi connectivity index (χ0v) is 14.0. The Morgan fingerprint density at radius 1 is 1.41 bits per heavy atom. The van der Waals surface area contributed by atoms with Crippen LogP contribution in [0, 0.1) is 23.1 Å². The summed E-state index contributed by atoms with van der Waals surface area (Å²) in [6, 6.07) is 4.51. The number of thiazole rings is 1. The van der Waals surface area contributed by atoms with E-state index in [2.05, 4.69) is 31.1 Å². The van der Waals surface area contributed by atoms with Crippen molar-refractivity contribution in [1.82, 2.24) is 4.98 Å². The molecule has 3 nitrogen and oxygen atoms in total. The van der Waals surface area contributed by atoms with Crippen LogP contribution in [-0.2, 0) is 4.79 Å². The maximum absolute atomic E-state index is 13.2. The van der Waals surface area contributed by atoms with Gasteiger partial charge in [-0.3, -0.25) is 4.79 Å². The van der Waals surface area contributed by atoms with Gasteiger partial charge in [-0.1, -0.05) is 32.1 Å². The number of anilines is 1. The van der Waals surface area contributed by atoms with Gasteiger partial charge < -0.3 is 5.32 Å². The number of amides is 1. The van der Waals surface area contributed by atoms with Gasteiger partial charge in [0.15, 0.2) is 5.13 Å². The molecule has 1 aromatic heterocycles. The van der Waals surface area contributed by atoms with Crippen molar-refractivity contribution in [2.75, 3.05) is 5.32 Å². The molecule has 22 heavy (non-hydrogen) atoms. The SMILES string of the molecule is CC1CC(C(=O)Nc2nc3cc(F)ccc3s2)CC(C)(C)C1. The van der Waals surface area contributed by atoms with Gasteiger partial charge in [-0.05, 0) is 42.7 Å². The fourth-order valence-electron chi connectivity index (χ4n) is 3.71. The Hall–Kier alpha value is -1.49. The molecule has 118 valence electrons. The number of aromatic nitrogens is 1. The van der Waals surface area contributed by atoms with E-state index in [1.165, 1.54) is 23.5 Å². The highest BCUT2D eigenvalue weighted by atomic mass is 32.1. The van der Waals surface area contributed by atoms with E-state index in [0.29, 0.717) is 16.6 Å². The monoisotopic (exact) mass is 320 g/mol. The van der Waals surface area contributed by atoms with E-state index < -0.39 is 0 Å². The lowest BCUT2D eigenvalue weighted by molar-refractivity contribution is -0.122. The first-order chi connectivity index (χ1) is 10.3.